The van der Waals surface area contributed by atoms with E-state index in [0.29, 0.717) is 24.1 Å². The van der Waals surface area contributed by atoms with Gasteiger partial charge in [0.15, 0.2) is 0 Å². The molecule has 27 heavy (non-hydrogen) atoms. The summed E-state index contributed by atoms with van der Waals surface area (Å²) >= 11 is 0. The van der Waals surface area contributed by atoms with Crippen LogP contribution in [-0.4, -0.2) is 34.5 Å². The third kappa shape index (κ3) is 5.55. The normalized spacial score (nSPS) is 11.3. The molecule has 0 aliphatic heterocycles. The Bertz CT molecular complexity index is 900. The molecular weight excluding hydrogens is 364 g/mol. The van der Waals surface area contributed by atoms with Gasteiger partial charge < -0.3 is 10.1 Å². The van der Waals surface area contributed by atoms with Crippen LogP contribution in [-0.2, 0) is 21.2 Å². The number of amides is 1. The minimum atomic E-state index is -3.75. The van der Waals surface area contributed by atoms with Crippen LogP contribution in [0.15, 0.2) is 41.3 Å². The standard InChI is InChI=1S/C20H26N2O4S/c1-14-11-15(2)20(16(3)12-14)27(24,25)22-13-19(23)21-10-9-17-7-5-6-8-18(17)26-4/h5-8,11-12,22H,9-10,13H2,1-4H3,(H,21,23). The summed E-state index contributed by atoms with van der Waals surface area (Å²) in [5.74, 6) is 0.383. The van der Waals surface area contributed by atoms with E-state index in [-0.39, 0.29) is 17.3 Å². The van der Waals surface area contributed by atoms with Gasteiger partial charge in [0, 0.05) is 6.54 Å². The summed E-state index contributed by atoms with van der Waals surface area (Å²) in [4.78, 5) is 12.3. The van der Waals surface area contributed by atoms with Gasteiger partial charge in [-0.25, -0.2) is 13.1 Å². The maximum Gasteiger partial charge on any atom is 0.241 e. The average molecular weight is 391 g/mol. The molecule has 0 saturated heterocycles. The molecule has 0 saturated carbocycles. The lowest BCUT2D eigenvalue weighted by atomic mass is 10.1. The fraction of sp³-hybridized carbons (Fsp3) is 0.350. The number of benzene rings is 2. The lowest BCUT2D eigenvalue weighted by Gasteiger charge is -2.13. The van der Waals surface area contributed by atoms with Crippen LogP contribution in [0.4, 0.5) is 0 Å². The van der Waals surface area contributed by atoms with E-state index in [0.717, 1.165) is 16.9 Å². The lowest BCUT2D eigenvalue weighted by molar-refractivity contribution is -0.119. The first-order valence-corrected chi connectivity index (χ1v) is 10.2. The molecular formula is C20H26N2O4S. The Morgan fingerprint density at radius 3 is 2.33 bits per heavy atom. The van der Waals surface area contributed by atoms with Crippen molar-refractivity contribution in [1.29, 1.82) is 0 Å². The second kappa shape index (κ2) is 9.01. The molecule has 2 aromatic rings. The van der Waals surface area contributed by atoms with Crippen molar-refractivity contribution >= 4 is 15.9 Å². The highest BCUT2D eigenvalue weighted by atomic mass is 32.2. The summed E-state index contributed by atoms with van der Waals surface area (Å²) in [6.45, 7) is 5.51. The van der Waals surface area contributed by atoms with Gasteiger partial charge >= 0.3 is 0 Å². The van der Waals surface area contributed by atoms with Crippen molar-refractivity contribution < 1.29 is 17.9 Å². The summed E-state index contributed by atoms with van der Waals surface area (Å²) in [6.07, 6.45) is 0.596. The zero-order valence-electron chi connectivity index (χ0n) is 16.1. The molecule has 2 N–H and O–H groups in total. The smallest absolute Gasteiger partial charge is 0.241 e. The molecule has 0 aromatic heterocycles. The Balaban J connectivity index is 1.91. The number of sulfonamides is 1. The number of nitrogens with one attached hydrogen (secondary N) is 2. The second-order valence-corrected chi connectivity index (χ2v) is 8.17. The Kier molecular flexibility index (Phi) is 6.98. The Labute approximate surface area is 161 Å². The van der Waals surface area contributed by atoms with Crippen LogP contribution in [0.5, 0.6) is 5.75 Å². The van der Waals surface area contributed by atoms with Crippen molar-refractivity contribution in [2.45, 2.75) is 32.1 Å². The Morgan fingerprint density at radius 2 is 1.70 bits per heavy atom. The van der Waals surface area contributed by atoms with Crippen LogP contribution in [0.1, 0.15) is 22.3 Å². The number of methoxy groups -OCH3 is 1. The maximum atomic E-state index is 12.6. The number of hydrogen-bond donors (Lipinski definition) is 2. The quantitative estimate of drug-likeness (QED) is 0.724. The summed E-state index contributed by atoms with van der Waals surface area (Å²) < 4.78 is 32.8. The van der Waals surface area contributed by atoms with Gasteiger partial charge in [-0.3, -0.25) is 4.79 Å². The summed E-state index contributed by atoms with van der Waals surface area (Å²) in [6, 6.07) is 11.2. The van der Waals surface area contributed by atoms with Crippen molar-refractivity contribution in [2.24, 2.45) is 0 Å². The largest absolute Gasteiger partial charge is 0.496 e. The van der Waals surface area contributed by atoms with Crippen LogP contribution in [0.3, 0.4) is 0 Å². The molecule has 0 aliphatic rings. The highest BCUT2D eigenvalue weighted by molar-refractivity contribution is 7.89. The molecule has 146 valence electrons. The van der Waals surface area contributed by atoms with Crippen LogP contribution in [0.25, 0.3) is 0 Å². The lowest BCUT2D eigenvalue weighted by Crippen LogP contribution is -2.38. The van der Waals surface area contributed by atoms with E-state index in [1.165, 1.54) is 0 Å². The fourth-order valence-electron chi connectivity index (χ4n) is 3.13. The monoisotopic (exact) mass is 390 g/mol. The molecule has 6 nitrogen and oxygen atoms in total. The maximum absolute atomic E-state index is 12.6. The molecule has 0 radical (unpaired) electrons. The molecule has 2 rings (SSSR count). The average Bonchev–Trinajstić information content (AvgIpc) is 2.59. The van der Waals surface area contributed by atoms with Gasteiger partial charge in [0.1, 0.15) is 5.75 Å². The van der Waals surface area contributed by atoms with Crippen molar-refractivity contribution in [3.05, 3.63) is 58.7 Å². The SMILES string of the molecule is COc1ccccc1CCNC(=O)CNS(=O)(=O)c1c(C)cc(C)cc1C. The predicted octanol–water partition coefficient (Wildman–Crippen LogP) is 2.26. The number of aryl methyl sites for hydroxylation is 3. The van der Waals surface area contributed by atoms with E-state index < -0.39 is 10.0 Å². The van der Waals surface area contributed by atoms with Gasteiger partial charge in [-0.05, 0) is 49.9 Å². The van der Waals surface area contributed by atoms with Crippen molar-refractivity contribution in [2.75, 3.05) is 20.2 Å². The van der Waals surface area contributed by atoms with Gasteiger partial charge in [-0.1, -0.05) is 35.9 Å². The number of rotatable bonds is 8. The molecule has 0 atom stereocenters. The third-order valence-corrected chi connectivity index (χ3v) is 5.91. The van der Waals surface area contributed by atoms with E-state index in [4.69, 9.17) is 4.74 Å². The molecule has 7 heteroatoms. The Hall–Kier alpha value is -2.38. The van der Waals surface area contributed by atoms with Gasteiger partial charge in [0.25, 0.3) is 0 Å². The molecule has 0 bridgehead atoms. The van der Waals surface area contributed by atoms with Crippen LogP contribution in [0.2, 0.25) is 0 Å². The zero-order valence-corrected chi connectivity index (χ0v) is 16.9. The van der Waals surface area contributed by atoms with Crippen LogP contribution in [0, 0.1) is 20.8 Å². The van der Waals surface area contributed by atoms with E-state index >= 15 is 0 Å². The first kappa shape index (κ1) is 20.9. The number of hydrogen-bond acceptors (Lipinski definition) is 4. The molecule has 1 amide bonds. The first-order valence-electron chi connectivity index (χ1n) is 8.70. The topological polar surface area (TPSA) is 84.5 Å². The Morgan fingerprint density at radius 1 is 1.07 bits per heavy atom. The summed E-state index contributed by atoms with van der Waals surface area (Å²) in [7, 11) is -2.15. The van der Waals surface area contributed by atoms with Gasteiger partial charge in [0.05, 0.1) is 18.6 Å². The summed E-state index contributed by atoms with van der Waals surface area (Å²) in [5, 5.41) is 2.72. The van der Waals surface area contributed by atoms with Crippen molar-refractivity contribution in [3.8, 4) is 5.75 Å². The van der Waals surface area contributed by atoms with Crippen LogP contribution < -0.4 is 14.8 Å². The summed E-state index contributed by atoms with van der Waals surface area (Å²) in [5.41, 5.74) is 3.30. The number of carbonyl (C=O) groups is 1. The molecule has 0 heterocycles. The van der Waals surface area contributed by atoms with E-state index in [2.05, 4.69) is 10.0 Å². The molecule has 2 aromatic carbocycles. The predicted molar refractivity (Wildman–Crippen MR) is 106 cm³/mol. The van der Waals surface area contributed by atoms with E-state index in [1.807, 2.05) is 43.3 Å². The zero-order chi connectivity index (χ0) is 20.0. The highest BCUT2D eigenvalue weighted by Gasteiger charge is 2.20. The molecule has 0 spiro atoms. The van der Waals surface area contributed by atoms with Gasteiger partial charge in [0.2, 0.25) is 15.9 Å². The fourth-order valence-corrected chi connectivity index (χ4v) is 4.56. The number of ether oxygens (including phenoxy) is 1. The van der Waals surface area contributed by atoms with E-state index in [1.54, 1.807) is 21.0 Å². The molecule has 0 aliphatic carbocycles. The van der Waals surface area contributed by atoms with Crippen molar-refractivity contribution in [3.63, 3.8) is 0 Å². The van der Waals surface area contributed by atoms with Crippen molar-refractivity contribution in [1.82, 2.24) is 10.0 Å². The van der Waals surface area contributed by atoms with Crippen LogP contribution >= 0.6 is 0 Å². The number of carbonyl (C=O) groups excluding carboxylic acids is 1. The highest BCUT2D eigenvalue weighted by Crippen LogP contribution is 2.21. The third-order valence-electron chi connectivity index (χ3n) is 4.21. The molecule has 0 unspecified atom stereocenters. The minimum Gasteiger partial charge on any atom is -0.496 e. The van der Waals surface area contributed by atoms with Gasteiger partial charge in [-0.15, -0.1) is 0 Å². The first-order chi connectivity index (χ1) is 12.7. The minimum absolute atomic E-state index is 0.231. The second-order valence-electron chi connectivity index (χ2n) is 6.46. The van der Waals surface area contributed by atoms with E-state index in [9.17, 15) is 13.2 Å². The number of para-hydroxylation sites is 1. The molecule has 0 fully saturated rings. The van der Waals surface area contributed by atoms with Gasteiger partial charge in [-0.2, -0.15) is 0 Å².